The highest BCUT2D eigenvalue weighted by molar-refractivity contribution is 9.10. The molecule has 1 atom stereocenters. The first-order valence-electron chi connectivity index (χ1n) is 6.02. The number of halogens is 3. The first-order valence-corrected chi connectivity index (χ1v) is 7.57. The highest BCUT2D eigenvalue weighted by Gasteiger charge is 2.27. The Morgan fingerprint density at radius 1 is 1.10 bits per heavy atom. The minimum Gasteiger partial charge on any atom is -0.238 e. The third-order valence-corrected chi connectivity index (χ3v) is 4.21. The molecule has 2 aromatic carbocycles. The molecule has 2 aromatic rings. The van der Waals surface area contributed by atoms with Crippen molar-refractivity contribution in [1.82, 2.24) is 0 Å². The van der Waals surface area contributed by atoms with Gasteiger partial charge in [-0.2, -0.15) is 5.11 Å². The molecule has 1 aliphatic heterocycles. The number of nitrogens with zero attached hydrogens (tertiary/aromatic N) is 3. The van der Waals surface area contributed by atoms with Crippen LogP contribution >= 0.6 is 39.1 Å². The molecule has 0 fully saturated rings. The average Bonchev–Trinajstić information content (AvgIpc) is 2.88. The molecule has 0 radical (unpaired) electrons. The van der Waals surface area contributed by atoms with Gasteiger partial charge in [0.2, 0.25) is 0 Å². The van der Waals surface area contributed by atoms with E-state index in [0.717, 1.165) is 15.7 Å². The third-order valence-electron chi connectivity index (χ3n) is 3.12. The number of benzene rings is 2. The molecule has 0 aromatic heterocycles. The lowest BCUT2D eigenvalue weighted by atomic mass is 10.1. The second kappa shape index (κ2) is 5.72. The molecule has 102 valence electrons. The van der Waals surface area contributed by atoms with Crippen LogP contribution < -0.4 is 5.01 Å². The normalized spacial score (nSPS) is 17.8. The van der Waals surface area contributed by atoms with Crippen LogP contribution in [0, 0.1) is 0 Å². The number of rotatable bonds is 2. The van der Waals surface area contributed by atoms with E-state index < -0.39 is 0 Å². The van der Waals surface area contributed by atoms with E-state index in [0.29, 0.717) is 16.6 Å². The first-order chi connectivity index (χ1) is 9.65. The summed E-state index contributed by atoms with van der Waals surface area (Å²) in [6.07, 6.45) is 0. The summed E-state index contributed by atoms with van der Waals surface area (Å²) in [6.45, 7) is 0.581. The fourth-order valence-corrected chi connectivity index (χ4v) is 2.95. The Balaban J connectivity index is 1.95. The van der Waals surface area contributed by atoms with Crippen LogP contribution in [0.4, 0.5) is 5.69 Å². The van der Waals surface area contributed by atoms with Gasteiger partial charge in [0.1, 0.15) is 6.04 Å². The van der Waals surface area contributed by atoms with Crippen molar-refractivity contribution >= 4 is 44.8 Å². The molecule has 20 heavy (non-hydrogen) atoms. The van der Waals surface area contributed by atoms with Gasteiger partial charge in [-0.1, -0.05) is 50.4 Å². The van der Waals surface area contributed by atoms with Crippen LogP contribution in [0.5, 0.6) is 0 Å². The second-order valence-corrected chi connectivity index (χ2v) is 6.18. The van der Waals surface area contributed by atoms with Gasteiger partial charge in [0.05, 0.1) is 12.2 Å². The van der Waals surface area contributed by atoms with E-state index in [4.69, 9.17) is 23.2 Å². The van der Waals surface area contributed by atoms with Gasteiger partial charge in [-0.05, 0) is 42.0 Å². The fourth-order valence-electron chi connectivity index (χ4n) is 2.15. The first kappa shape index (κ1) is 13.9. The molecule has 1 aliphatic rings. The van der Waals surface area contributed by atoms with Crippen LogP contribution in [0.3, 0.4) is 0 Å². The Morgan fingerprint density at radius 3 is 2.55 bits per heavy atom. The van der Waals surface area contributed by atoms with Crippen LogP contribution in [-0.4, -0.2) is 6.54 Å². The lowest BCUT2D eigenvalue weighted by Gasteiger charge is -2.23. The lowest BCUT2D eigenvalue weighted by molar-refractivity contribution is 0.732. The smallest absolute Gasteiger partial charge is 0.102 e. The van der Waals surface area contributed by atoms with Crippen molar-refractivity contribution in [2.45, 2.75) is 6.04 Å². The van der Waals surface area contributed by atoms with E-state index in [1.807, 2.05) is 41.4 Å². The molecule has 0 N–H and O–H groups in total. The summed E-state index contributed by atoms with van der Waals surface area (Å²) in [5.74, 6) is 0. The van der Waals surface area contributed by atoms with Crippen LogP contribution in [0.15, 0.2) is 57.3 Å². The quantitative estimate of drug-likeness (QED) is 0.667. The molecule has 0 aliphatic carbocycles. The maximum Gasteiger partial charge on any atom is 0.102 e. The fraction of sp³-hybridized carbons (Fsp3) is 0.143. The van der Waals surface area contributed by atoms with Crippen molar-refractivity contribution in [3.05, 3.63) is 62.5 Å². The lowest BCUT2D eigenvalue weighted by Crippen LogP contribution is -2.20. The summed E-state index contributed by atoms with van der Waals surface area (Å²) >= 11 is 15.7. The van der Waals surface area contributed by atoms with Gasteiger partial charge in [-0.3, -0.25) is 0 Å². The predicted octanol–water partition coefficient (Wildman–Crippen LogP) is 5.68. The van der Waals surface area contributed by atoms with Crippen molar-refractivity contribution in [2.75, 3.05) is 11.6 Å². The summed E-state index contributed by atoms with van der Waals surface area (Å²) in [6, 6.07) is 13.4. The average molecular weight is 371 g/mol. The van der Waals surface area contributed by atoms with Crippen molar-refractivity contribution in [2.24, 2.45) is 10.3 Å². The van der Waals surface area contributed by atoms with Crippen molar-refractivity contribution in [3.63, 3.8) is 0 Å². The van der Waals surface area contributed by atoms with Crippen LogP contribution in [-0.2, 0) is 0 Å². The molecule has 1 heterocycles. The summed E-state index contributed by atoms with van der Waals surface area (Å²) < 4.78 is 1.03. The number of hydrogen-bond donors (Lipinski definition) is 0. The van der Waals surface area contributed by atoms with Gasteiger partial charge >= 0.3 is 0 Å². The van der Waals surface area contributed by atoms with Crippen molar-refractivity contribution < 1.29 is 0 Å². The molecule has 0 saturated heterocycles. The Hall–Kier alpha value is -1.10. The van der Waals surface area contributed by atoms with E-state index >= 15 is 0 Å². The zero-order valence-corrected chi connectivity index (χ0v) is 13.4. The van der Waals surface area contributed by atoms with Crippen molar-refractivity contribution in [3.8, 4) is 0 Å². The Morgan fingerprint density at radius 2 is 1.85 bits per heavy atom. The molecule has 0 bridgehead atoms. The van der Waals surface area contributed by atoms with Gasteiger partial charge in [0.25, 0.3) is 0 Å². The Bertz CT molecular complexity index is 658. The van der Waals surface area contributed by atoms with Gasteiger partial charge in [-0.15, -0.1) is 0 Å². The summed E-state index contributed by atoms with van der Waals surface area (Å²) in [5, 5.41) is 11.5. The van der Waals surface area contributed by atoms with Crippen LogP contribution in [0.2, 0.25) is 10.0 Å². The van der Waals surface area contributed by atoms with E-state index in [1.165, 1.54) is 0 Å². The SMILES string of the molecule is Clc1ccc(C2CN=NN2c2ccc(Br)cc2)c(Cl)c1. The molecule has 3 rings (SSSR count). The molecule has 0 spiro atoms. The molecule has 1 unspecified atom stereocenters. The summed E-state index contributed by atoms with van der Waals surface area (Å²) in [5.41, 5.74) is 1.95. The minimum absolute atomic E-state index is 0.000872. The van der Waals surface area contributed by atoms with E-state index in [2.05, 4.69) is 26.3 Å². The highest BCUT2D eigenvalue weighted by atomic mass is 79.9. The van der Waals surface area contributed by atoms with Gasteiger partial charge < -0.3 is 0 Å². The molecular weight excluding hydrogens is 361 g/mol. The maximum absolute atomic E-state index is 6.29. The van der Waals surface area contributed by atoms with E-state index in [-0.39, 0.29) is 6.04 Å². The molecular formula is C14H10BrCl2N3. The molecule has 0 amide bonds. The van der Waals surface area contributed by atoms with Gasteiger partial charge in [-0.25, -0.2) is 5.01 Å². The van der Waals surface area contributed by atoms with Crippen molar-refractivity contribution in [1.29, 1.82) is 0 Å². The second-order valence-electron chi connectivity index (χ2n) is 4.42. The molecule has 3 nitrogen and oxygen atoms in total. The molecule has 0 saturated carbocycles. The zero-order valence-electron chi connectivity index (χ0n) is 10.3. The minimum atomic E-state index is 0.000872. The Kier molecular flexibility index (Phi) is 3.96. The largest absolute Gasteiger partial charge is 0.238 e. The van der Waals surface area contributed by atoms with E-state index in [9.17, 15) is 0 Å². The summed E-state index contributed by atoms with van der Waals surface area (Å²) in [7, 11) is 0. The Labute approximate surface area is 135 Å². The van der Waals surface area contributed by atoms with Crippen LogP contribution in [0.25, 0.3) is 0 Å². The van der Waals surface area contributed by atoms with E-state index in [1.54, 1.807) is 6.07 Å². The van der Waals surface area contributed by atoms with Gasteiger partial charge in [0, 0.05) is 14.5 Å². The highest BCUT2D eigenvalue weighted by Crippen LogP contribution is 2.36. The topological polar surface area (TPSA) is 28.0 Å². The van der Waals surface area contributed by atoms with Crippen LogP contribution in [0.1, 0.15) is 11.6 Å². The number of anilines is 1. The zero-order chi connectivity index (χ0) is 14.1. The molecule has 6 heteroatoms. The number of hydrogen-bond acceptors (Lipinski definition) is 3. The standard InChI is InChI=1S/C14H10BrCl2N3/c15-9-1-4-11(5-2-9)20-14(8-18-19-20)12-6-3-10(16)7-13(12)17/h1-7,14H,8H2. The summed E-state index contributed by atoms with van der Waals surface area (Å²) in [4.78, 5) is 0. The maximum atomic E-state index is 6.29. The third kappa shape index (κ3) is 2.68. The predicted molar refractivity (Wildman–Crippen MR) is 85.5 cm³/mol. The monoisotopic (exact) mass is 369 g/mol. The van der Waals surface area contributed by atoms with Gasteiger partial charge in [0.15, 0.2) is 0 Å².